The molecule has 8 heteroatoms. The highest BCUT2D eigenvalue weighted by atomic mass is 32.2. The summed E-state index contributed by atoms with van der Waals surface area (Å²) in [5, 5.41) is 8.32. The van der Waals surface area contributed by atoms with Crippen LogP contribution >= 0.6 is 0 Å². The monoisotopic (exact) mass is 281 g/mol. The molecule has 18 heavy (non-hydrogen) atoms. The molecule has 0 bridgehead atoms. The molecule has 0 fully saturated rings. The van der Waals surface area contributed by atoms with Crippen molar-refractivity contribution < 1.29 is 26.0 Å². The Morgan fingerprint density at radius 3 is 2.39 bits per heavy atom. The number of benzene rings is 1. The predicted molar refractivity (Wildman–Crippen MR) is 53.6 cm³/mol. The molecule has 0 saturated heterocycles. The number of hydrogen-bond acceptors (Lipinski definition) is 3. The number of halogens is 4. The normalized spacial score (nSPS) is 13.9. The van der Waals surface area contributed by atoms with Crippen LogP contribution in [0.1, 0.15) is 0 Å². The van der Waals surface area contributed by atoms with Crippen LogP contribution in [0.3, 0.4) is 0 Å². The van der Waals surface area contributed by atoms with Crippen molar-refractivity contribution in [2.45, 2.75) is 11.1 Å². The summed E-state index contributed by atoms with van der Waals surface area (Å²) < 4.78 is 72.8. The van der Waals surface area contributed by atoms with E-state index in [0.29, 0.717) is 6.07 Å². The molecule has 1 aromatic rings. The maximum absolute atomic E-state index is 12.8. The molecule has 0 heterocycles. The topological polar surface area (TPSA) is 57.9 Å². The Bertz CT molecular complexity index is 574. The summed E-state index contributed by atoms with van der Waals surface area (Å²) in [5.74, 6) is -4.93. The Balaban J connectivity index is 3.07. The zero-order valence-electron chi connectivity index (χ0n) is 8.78. The van der Waals surface area contributed by atoms with Gasteiger partial charge in [0.25, 0.3) is 0 Å². The lowest BCUT2D eigenvalue weighted by Crippen LogP contribution is -2.28. The third-order valence-electron chi connectivity index (χ3n) is 2.09. The third kappa shape index (κ3) is 3.43. The molecular formula is C10H7F4NO2S. The number of alkyl halides is 3. The summed E-state index contributed by atoms with van der Waals surface area (Å²) in [6.45, 7) is 0. The lowest BCUT2D eigenvalue weighted by Gasteiger charge is -2.13. The zero-order chi connectivity index (χ0) is 14.0. The van der Waals surface area contributed by atoms with Crippen molar-refractivity contribution in [3.63, 3.8) is 0 Å². The first kappa shape index (κ1) is 14.4. The van der Waals surface area contributed by atoms with Gasteiger partial charge >= 0.3 is 6.18 Å². The number of nitrogens with zero attached hydrogens (tertiary/aromatic N) is 1. The van der Waals surface area contributed by atoms with Crippen LogP contribution in [0.15, 0.2) is 29.2 Å². The second-order valence-electron chi connectivity index (χ2n) is 3.46. The van der Waals surface area contributed by atoms with Crippen LogP contribution in [0.4, 0.5) is 17.6 Å². The Hall–Kier alpha value is -1.62. The van der Waals surface area contributed by atoms with Gasteiger partial charge < -0.3 is 0 Å². The van der Waals surface area contributed by atoms with E-state index < -0.39 is 38.4 Å². The molecule has 0 aromatic heterocycles. The molecule has 0 amide bonds. The Kier molecular flexibility index (Phi) is 3.96. The van der Waals surface area contributed by atoms with Crippen molar-refractivity contribution >= 4 is 9.84 Å². The summed E-state index contributed by atoms with van der Waals surface area (Å²) in [7, 11) is -4.36. The minimum atomic E-state index is -4.94. The van der Waals surface area contributed by atoms with Crippen molar-refractivity contribution in [3.05, 3.63) is 30.1 Å². The van der Waals surface area contributed by atoms with Gasteiger partial charge in [-0.1, -0.05) is 6.07 Å². The fraction of sp³-hybridized carbons (Fsp3) is 0.300. The van der Waals surface area contributed by atoms with E-state index in [1.165, 1.54) is 0 Å². The van der Waals surface area contributed by atoms with Gasteiger partial charge in [-0.25, -0.2) is 12.8 Å². The zero-order valence-corrected chi connectivity index (χ0v) is 9.59. The molecule has 0 spiro atoms. The van der Waals surface area contributed by atoms with E-state index in [1.807, 2.05) is 0 Å². The molecule has 1 atom stereocenters. The molecule has 1 aromatic carbocycles. The van der Waals surface area contributed by atoms with Gasteiger partial charge in [-0.3, -0.25) is 0 Å². The van der Waals surface area contributed by atoms with Gasteiger partial charge in [-0.2, -0.15) is 18.4 Å². The second kappa shape index (κ2) is 4.94. The molecule has 0 aliphatic heterocycles. The summed E-state index contributed by atoms with van der Waals surface area (Å²) in [4.78, 5) is -0.577. The van der Waals surface area contributed by atoms with Gasteiger partial charge in [-0.15, -0.1) is 0 Å². The highest BCUT2D eigenvalue weighted by molar-refractivity contribution is 7.91. The third-order valence-corrected chi connectivity index (χ3v) is 3.84. The van der Waals surface area contributed by atoms with E-state index in [1.54, 1.807) is 0 Å². The first-order valence-corrected chi connectivity index (χ1v) is 6.26. The lowest BCUT2D eigenvalue weighted by atomic mass is 10.2. The van der Waals surface area contributed by atoms with E-state index in [-0.39, 0.29) is 0 Å². The van der Waals surface area contributed by atoms with E-state index in [0.717, 1.165) is 24.3 Å². The average molecular weight is 281 g/mol. The van der Waals surface area contributed by atoms with Crippen LogP contribution in [0.25, 0.3) is 0 Å². The molecule has 0 radical (unpaired) electrons. The first-order valence-electron chi connectivity index (χ1n) is 4.61. The average Bonchev–Trinajstić information content (AvgIpc) is 2.24. The molecule has 1 unspecified atom stereocenters. The fourth-order valence-corrected chi connectivity index (χ4v) is 2.65. The largest absolute Gasteiger partial charge is 0.405 e. The van der Waals surface area contributed by atoms with Crippen molar-refractivity contribution in [3.8, 4) is 6.07 Å². The lowest BCUT2D eigenvalue weighted by molar-refractivity contribution is -0.153. The van der Waals surface area contributed by atoms with Crippen molar-refractivity contribution in [1.29, 1.82) is 5.26 Å². The maximum Gasteiger partial charge on any atom is 0.405 e. The Morgan fingerprint density at radius 1 is 1.33 bits per heavy atom. The maximum atomic E-state index is 12.8. The molecule has 98 valence electrons. The highest BCUT2D eigenvalue weighted by Gasteiger charge is 2.43. The minimum Gasteiger partial charge on any atom is -0.224 e. The summed E-state index contributed by atoms with van der Waals surface area (Å²) in [5.41, 5.74) is 0. The molecule has 0 aliphatic carbocycles. The van der Waals surface area contributed by atoms with Crippen LogP contribution in [0.2, 0.25) is 0 Å². The van der Waals surface area contributed by atoms with Crippen LogP contribution in [-0.2, 0) is 9.84 Å². The van der Waals surface area contributed by atoms with Crippen LogP contribution < -0.4 is 0 Å². The molecule has 3 nitrogen and oxygen atoms in total. The second-order valence-corrected chi connectivity index (χ2v) is 5.50. The minimum absolute atomic E-state index is 0.577. The number of sulfone groups is 1. The first-order chi connectivity index (χ1) is 8.16. The van der Waals surface area contributed by atoms with Gasteiger partial charge in [-0.05, 0) is 18.2 Å². The number of rotatable bonds is 3. The van der Waals surface area contributed by atoms with Crippen molar-refractivity contribution in [2.24, 2.45) is 5.92 Å². The molecule has 0 aliphatic rings. The van der Waals surface area contributed by atoms with Gasteiger partial charge in [0.05, 0.1) is 16.7 Å². The van der Waals surface area contributed by atoms with E-state index in [2.05, 4.69) is 0 Å². The van der Waals surface area contributed by atoms with Gasteiger partial charge in [0.1, 0.15) is 5.82 Å². The summed E-state index contributed by atoms with van der Waals surface area (Å²) >= 11 is 0. The number of hydrogen-bond donors (Lipinski definition) is 0. The standard InChI is InChI=1S/C10H7F4NO2S/c11-8-2-1-3-9(4-8)18(16,17)6-7(5-15)10(12,13)14/h1-4,7H,6H2. The van der Waals surface area contributed by atoms with E-state index >= 15 is 0 Å². The van der Waals surface area contributed by atoms with E-state index in [9.17, 15) is 26.0 Å². The SMILES string of the molecule is N#CC(CS(=O)(=O)c1cccc(F)c1)C(F)(F)F. The van der Waals surface area contributed by atoms with Crippen LogP contribution in [-0.4, -0.2) is 20.3 Å². The molecule has 0 saturated carbocycles. The van der Waals surface area contributed by atoms with Crippen LogP contribution in [0, 0.1) is 23.1 Å². The fourth-order valence-electron chi connectivity index (χ4n) is 1.18. The Labute approximate surface area is 101 Å². The number of nitriles is 1. The van der Waals surface area contributed by atoms with Gasteiger partial charge in [0, 0.05) is 0 Å². The van der Waals surface area contributed by atoms with Crippen molar-refractivity contribution in [2.75, 3.05) is 5.75 Å². The van der Waals surface area contributed by atoms with Gasteiger partial charge in [0.2, 0.25) is 0 Å². The van der Waals surface area contributed by atoms with E-state index in [4.69, 9.17) is 5.26 Å². The molecule has 1 rings (SSSR count). The quantitative estimate of drug-likeness (QED) is 0.799. The molecular weight excluding hydrogens is 274 g/mol. The molecule has 0 N–H and O–H groups in total. The highest BCUT2D eigenvalue weighted by Crippen LogP contribution is 2.28. The van der Waals surface area contributed by atoms with Crippen LogP contribution in [0.5, 0.6) is 0 Å². The predicted octanol–water partition coefficient (Wildman–Crippen LogP) is 2.30. The summed E-state index contributed by atoms with van der Waals surface area (Å²) in [6, 6.07) is 4.50. The smallest absolute Gasteiger partial charge is 0.224 e. The summed E-state index contributed by atoms with van der Waals surface area (Å²) in [6.07, 6.45) is -4.94. The Morgan fingerprint density at radius 2 is 1.94 bits per heavy atom. The van der Waals surface area contributed by atoms with Crippen molar-refractivity contribution in [1.82, 2.24) is 0 Å². The van der Waals surface area contributed by atoms with Gasteiger partial charge in [0.15, 0.2) is 15.8 Å².